The van der Waals surface area contributed by atoms with E-state index in [1.165, 1.54) is 0 Å². The Labute approximate surface area is 192 Å². The van der Waals surface area contributed by atoms with Gasteiger partial charge in [0.1, 0.15) is 18.1 Å². The number of rotatable bonds is 16. The van der Waals surface area contributed by atoms with Gasteiger partial charge in [-0.25, -0.2) is 4.79 Å². The first kappa shape index (κ1) is 29.6. The molecule has 3 amide bonds. The molecule has 0 saturated carbocycles. The van der Waals surface area contributed by atoms with E-state index >= 15 is 0 Å². The summed E-state index contributed by atoms with van der Waals surface area (Å²) >= 11 is 3.88. The van der Waals surface area contributed by atoms with Crippen molar-refractivity contribution in [1.29, 1.82) is 0 Å². The van der Waals surface area contributed by atoms with E-state index < -0.39 is 60.2 Å². The zero-order valence-corrected chi connectivity index (χ0v) is 19.3. The largest absolute Gasteiger partial charge is 0.481 e. The molecule has 32 heavy (non-hydrogen) atoms. The lowest BCUT2D eigenvalue weighted by Gasteiger charge is -2.25. The van der Waals surface area contributed by atoms with Crippen molar-refractivity contribution >= 4 is 42.3 Å². The average Bonchev–Trinajstić information content (AvgIpc) is 2.74. The van der Waals surface area contributed by atoms with Gasteiger partial charge < -0.3 is 37.6 Å². The Kier molecular flexibility index (Phi) is 14.3. The minimum atomic E-state index is -1.47. The molecule has 9 N–H and O–H groups in total. The molecule has 0 aliphatic heterocycles. The maximum atomic E-state index is 12.7. The Morgan fingerprint density at radius 2 is 1.44 bits per heavy atom. The summed E-state index contributed by atoms with van der Waals surface area (Å²) in [6, 6.07) is -4.85. The predicted molar refractivity (Wildman–Crippen MR) is 120 cm³/mol. The molecule has 0 saturated heterocycles. The molecule has 12 nitrogen and oxygen atoms in total. The number of carboxylic acids is 2. The SMILES string of the molecule is CCC(C)C(N)C(=O)NC(CC(=O)O)C(=O)NC(CCCCN)C(=O)NC(CS)C(=O)O. The van der Waals surface area contributed by atoms with Crippen LogP contribution in [0.25, 0.3) is 0 Å². The van der Waals surface area contributed by atoms with Crippen LogP contribution in [0.4, 0.5) is 0 Å². The van der Waals surface area contributed by atoms with Gasteiger partial charge >= 0.3 is 11.9 Å². The smallest absolute Gasteiger partial charge is 0.327 e. The molecule has 5 unspecified atom stereocenters. The van der Waals surface area contributed by atoms with Crippen LogP contribution in [0.3, 0.4) is 0 Å². The van der Waals surface area contributed by atoms with Crippen LogP contribution in [0.1, 0.15) is 46.0 Å². The number of hydrogen-bond acceptors (Lipinski definition) is 8. The predicted octanol–water partition coefficient (Wildman–Crippen LogP) is -1.57. The second-order valence-electron chi connectivity index (χ2n) is 7.50. The van der Waals surface area contributed by atoms with Gasteiger partial charge in [-0.1, -0.05) is 20.3 Å². The molecule has 0 rings (SSSR count). The van der Waals surface area contributed by atoms with Crippen molar-refractivity contribution in [3.63, 3.8) is 0 Å². The van der Waals surface area contributed by atoms with E-state index in [2.05, 4.69) is 28.6 Å². The van der Waals surface area contributed by atoms with Gasteiger partial charge in [-0.3, -0.25) is 19.2 Å². The van der Waals surface area contributed by atoms with Crippen molar-refractivity contribution in [1.82, 2.24) is 16.0 Å². The highest BCUT2D eigenvalue weighted by atomic mass is 32.1. The van der Waals surface area contributed by atoms with Gasteiger partial charge in [0, 0.05) is 5.75 Å². The molecule has 0 spiro atoms. The molecule has 5 atom stereocenters. The number of carboxylic acid groups (broad SMARTS) is 2. The Balaban J connectivity index is 5.47. The van der Waals surface area contributed by atoms with Crippen molar-refractivity contribution in [2.45, 2.75) is 70.1 Å². The van der Waals surface area contributed by atoms with Crippen LogP contribution in [0.5, 0.6) is 0 Å². The third-order valence-corrected chi connectivity index (χ3v) is 5.31. The van der Waals surface area contributed by atoms with Crippen LogP contribution in [0.2, 0.25) is 0 Å². The van der Waals surface area contributed by atoms with Crippen molar-refractivity contribution in [3.8, 4) is 0 Å². The molecule has 0 bridgehead atoms. The quantitative estimate of drug-likeness (QED) is 0.0950. The molecule has 0 aliphatic carbocycles. The summed E-state index contributed by atoms with van der Waals surface area (Å²) in [5, 5.41) is 25.3. The molecule has 0 radical (unpaired) electrons. The normalized spacial score (nSPS) is 15.5. The summed E-state index contributed by atoms with van der Waals surface area (Å²) < 4.78 is 0. The molecule has 0 aromatic heterocycles. The Bertz CT molecular complexity index is 664. The summed E-state index contributed by atoms with van der Waals surface area (Å²) in [5.41, 5.74) is 11.3. The van der Waals surface area contributed by atoms with E-state index in [4.69, 9.17) is 21.7 Å². The monoisotopic (exact) mass is 477 g/mol. The second kappa shape index (κ2) is 15.4. The van der Waals surface area contributed by atoms with Crippen LogP contribution >= 0.6 is 12.6 Å². The number of aliphatic carboxylic acids is 2. The zero-order chi connectivity index (χ0) is 24.8. The minimum Gasteiger partial charge on any atom is -0.481 e. The van der Waals surface area contributed by atoms with Crippen LogP contribution in [0, 0.1) is 5.92 Å². The van der Waals surface area contributed by atoms with E-state index in [-0.39, 0.29) is 18.1 Å². The van der Waals surface area contributed by atoms with E-state index in [1.807, 2.05) is 6.92 Å². The Morgan fingerprint density at radius 3 is 1.91 bits per heavy atom. The lowest BCUT2D eigenvalue weighted by atomic mass is 9.99. The molecule has 184 valence electrons. The van der Waals surface area contributed by atoms with Crippen LogP contribution in [-0.4, -0.2) is 76.3 Å². The fourth-order valence-electron chi connectivity index (χ4n) is 2.66. The molecule has 0 aromatic rings. The minimum absolute atomic E-state index is 0.133. The molecule has 0 aromatic carbocycles. The zero-order valence-electron chi connectivity index (χ0n) is 18.4. The molecular formula is C19H35N5O7S. The fourth-order valence-corrected chi connectivity index (χ4v) is 2.90. The number of hydrogen-bond donors (Lipinski definition) is 8. The maximum Gasteiger partial charge on any atom is 0.327 e. The first-order chi connectivity index (χ1) is 15.0. The first-order valence-electron chi connectivity index (χ1n) is 10.4. The lowest BCUT2D eigenvalue weighted by Crippen LogP contribution is -2.58. The summed E-state index contributed by atoms with van der Waals surface area (Å²) in [6.07, 6.45) is 1.00. The van der Waals surface area contributed by atoms with Gasteiger partial charge in [0.25, 0.3) is 0 Å². The average molecular weight is 478 g/mol. The number of nitrogens with two attached hydrogens (primary N) is 2. The van der Waals surface area contributed by atoms with Crippen LogP contribution in [-0.2, 0) is 24.0 Å². The van der Waals surface area contributed by atoms with Crippen molar-refractivity contribution in [2.75, 3.05) is 12.3 Å². The van der Waals surface area contributed by atoms with Gasteiger partial charge in [0.05, 0.1) is 12.5 Å². The second-order valence-corrected chi connectivity index (χ2v) is 7.86. The Morgan fingerprint density at radius 1 is 0.906 bits per heavy atom. The van der Waals surface area contributed by atoms with Gasteiger partial charge in [-0.15, -0.1) is 0 Å². The van der Waals surface area contributed by atoms with Gasteiger partial charge in [-0.2, -0.15) is 12.6 Å². The fraction of sp³-hybridized carbons (Fsp3) is 0.737. The van der Waals surface area contributed by atoms with Gasteiger partial charge in [-0.05, 0) is 31.7 Å². The molecule has 13 heteroatoms. The van der Waals surface area contributed by atoms with Crippen LogP contribution < -0.4 is 27.4 Å². The Hall–Kier alpha value is -2.38. The summed E-state index contributed by atoms with van der Waals surface area (Å²) in [4.78, 5) is 60.1. The number of amides is 3. The molecular weight excluding hydrogens is 442 g/mol. The molecule has 0 fully saturated rings. The van der Waals surface area contributed by atoms with Crippen molar-refractivity contribution < 1.29 is 34.2 Å². The third-order valence-electron chi connectivity index (χ3n) is 4.95. The highest BCUT2D eigenvalue weighted by Gasteiger charge is 2.31. The first-order valence-corrected chi connectivity index (χ1v) is 11.0. The van der Waals surface area contributed by atoms with E-state index in [0.29, 0.717) is 25.8 Å². The summed E-state index contributed by atoms with van der Waals surface area (Å²) in [6.45, 7) is 3.93. The van der Waals surface area contributed by atoms with E-state index in [9.17, 15) is 24.0 Å². The lowest BCUT2D eigenvalue weighted by molar-refractivity contribution is -0.143. The molecule has 0 heterocycles. The number of nitrogens with one attached hydrogen (secondary N) is 3. The number of unbranched alkanes of at least 4 members (excludes halogenated alkanes) is 1. The van der Waals surface area contributed by atoms with Crippen molar-refractivity contribution in [3.05, 3.63) is 0 Å². The summed E-state index contributed by atoms with van der Waals surface area (Å²) in [7, 11) is 0. The topological polar surface area (TPSA) is 214 Å². The standard InChI is InChI=1S/C19H35N5O7S/c1-3-10(2)15(21)18(29)23-12(8-14(25)26)17(28)22-11(6-4-5-7-20)16(27)24-13(9-32)19(30)31/h10-13,15,32H,3-9,20-21H2,1-2H3,(H,22,28)(H,23,29)(H,24,27)(H,25,26)(H,30,31). The number of carbonyl (C=O) groups excluding carboxylic acids is 3. The third kappa shape index (κ3) is 10.8. The maximum absolute atomic E-state index is 12.7. The molecule has 0 aliphatic rings. The van der Waals surface area contributed by atoms with Crippen LogP contribution in [0.15, 0.2) is 0 Å². The van der Waals surface area contributed by atoms with E-state index in [1.54, 1.807) is 6.92 Å². The van der Waals surface area contributed by atoms with Crippen molar-refractivity contribution in [2.24, 2.45) is 17.4 Å². The summed E-state index contributed by atoms with van der Waals surface area (Å²) in [5.74, 6) is -5.37. The number of carbonyl (C=O) groups is 5. The van der Waals surface area contributed by atoms with Gasteiger partial charge in [0.15, 0.2) is 0 Å². The number of thiol groups is 1. The highest BCUT2D eigenvalue weighted by Crippen LogP contribution is 2.07. The van der Waals surface area contributed by atoms with E-state index in [0.717, 1.165) is 0 Å². The highest BCUT2D eigenvalue weighted by molar-refractivity contribution is 7.80. The van der Waals surface area contributed by atoms with Gasteiger partial charge in [0.2, 0.25) is 17.7 Å².